The molecule has 6 nitrogen and oxygen atoms in total. The molecule has 1 aromatic rings. The largest absolute Gasteiger partial charge is 0.312 e. The summed E-state index contributed by atoms with van der Waals surface area (Å²) in [4.78, 5) is 0.0654. The Morgan fingerprint density at radius 1 is 1.24 bits per heavy atom. The van der Waals surface area contributed by atoms with Gasteiger partial charge in [-0.2, -0.15) is 29.1 Å². The van der Waals surface area contributed by atoms with Crippen LogP contribution < -0.4 is 5.90 Å². The second-order valence-corrected chi connectivity index (χ2v) is 4.43. The van der Waals surface area contributed by atoms with E-state index in [1.165, 1.54) is 12.1 Å². The molecule has 0 unspecified atom stereocenters. The molecular weight excluding hydrogens is 242 g/mol. The Kier molecular flexibility index (Phi) is 6.53. The van der Waals surface area contributed by atoms with E-state index in [-0.39, 0.29) is 11.3 Å². The van der Waals surface area contributed by atoms with Crippen LogP contribution in [-0.2, 0) is 14.4 Å². The van der Waals surface area contributed by atoms with E-state index in [4.69, 9.17) is 10.5 Å². The summed E-state index contributed by atoms with van der Waals surface area (Å²) in [6.07, 6.45) is 0. The summed E-state index contributed by atoms with van der Waals surface area (Å²) < 4.78 is 25.8. The number of aryl methyl sites for hydroxylation is 1. The predicted octanol–water partition coefficient (Wildman–Crippen LogP) is 0.998. The minimum Gasteiger partial charge on any atom is -0.197 e. The van der Waals surface area contributed by atoms with Gasteiger partial charge in [-0.15, -0.1) is 0 Å². The minimum absolute atomic E-state index is 0. The Morgan fingerprint density at radius 3 is 2.00 bits per heavy atom. The molecule has 0 atom stereocenters. The maximum atomic E-state index is 11.0. The number of benzene rings is 1. The first kappa shape index (κ1) is 15.1. The van der Waals surface area contributed by atoms with Crippen LogP contribution in [0.5, 0.6) is 0 Å². The molecule has 0 spiro atoms. The van der Waals surface area contributed by atoms with Crippen LogP contribution in [0.4, 0.5) is 0 Å². The molecule has 0 fully saturated rings. The summed E-state index contributed by atoms with van der Waals surface area (Å²) in [5.74, 6) is 4.59. The molecule has 0 radical (unpaired) electrons. The van der Waals surface area contributed by atoms with E-state index in [2.05, 4.69) is 10.2 Å². The van der Waals surface area contributed by atoms with Crippen LogP contribution in [0, 0.1) is 29.6 Å². The molecule has 0 saturated heterocycles. The van der Waals surface area contributed by atoms with Gasteiger partial charge in [0.15, 0.2) is 0 Å². The summed E-state index contributed by atoms with van der Waals surface area (Å²) in [5.41, 5.74) is 0.978. The SMILES string of the molecule is Cc1ccc(S(=O)(=O)ON)cc1.N#CCC#N. The first-order valence-corrected chi connectivity index (χ1v) is 5.82. The van der Waals surface area contributed by atoms with Gasteiger partial charge in [0.05, 0.1) is 17.0 Å². The van der Waals surface area contributed by atoms with Gasteiger partial charge in [-0.1, -0.05) is 17.7 Å². The van der Waals surface area contributed by atoms with Crippen molar-refractivity contribution in [1.82, 2.24) is 0 Å². The van der Waals surface area contributed by atoms with E-state index in [1.54, 1.807) is 24.3 Å². The van der Waals surface area contributed by atoms with Crippen molar-refractivity contribution in [3.8, 4) is 12.1 Å². The zero-order valence-corrected chi connectivity index (χ0v) is 9.94. The molecule has 0 aromatic heterocycles. The quantitative estimate of drug-likeness (QED) is 0.785. The van der Waals surface area contributed by atoms with Crippen molar-refractivity contribution in [3.63, 3.8) is 0 Å². The first-order valence-electron chi connectivity index (χ1n) is 4.42. The molecule has 0 bridgehead atoms. The molecule has 0 saturated carbocycles. The highest BCUT2D eigenvalue weighted by atomic mass is 32.2. The van der Waals surface area contributed by atoms with Gasteiger partial charge in [-0.05, 0) is 19.1 Å². The van der Waals surface area contributed by atoms with E-state index in [0.29, 0.717) is 0 Å². The van der Waals surface area contributed by atoms with Gasteiger partial charge in [-0.25, -0.2) is 0 Å². The zero-order valence-electron chi connectivity index (χ0n) is 9.12. The molecule has 0 heterocycles. The number of hydrogen-bond acceptors (Lipinski definition) is 6. The van der Waals surface area contributed by atoms with Crippen molar-refractivity contribution in [3.05, 3.63) is 29.8 Å². The second-order valence-electron chi connectivity index (χ2n) is 2.86. The van der Waals surface area contributed by atoms with E-state index in [0.717, 1.165) is 5.56 Å². The third-order valence-corrected chi connectivity index (χ3v) is 2.70. The third-order valence-electron chi connectivity index (χ3n) is 1.59. The topological polar surface area (TPSA) is 117 Å². The molecular formula is C10H11N3O3S. The lowest BCUT2D eigenvalue weighted by Gasteiger charge is -1.99. The number of nitrogens with zero attached hydrogens (tertiary/aromatic N) is 2. The number of hydrogen-bond donors (Lipinski definition) is 1. The van der Waals surface area contributed by atoms with Gasteiger partial charge in [0, 0.05) is 0 Å². The number of nitrogens with two attached hydrogens (primary N) is 1. The van der Waals surface area contributed by atoms with Gasteiger partial charge in [0.25, 0.3) is 0 Å². The van der Waals surface area contributed by atoms with Crippen molar-refractivity contribution >= 4 is 10.1 Å². The molecule has 17 heavy (non-hydrogen) atoms. The summed E-state index contributed by atoms with van der Waals surface area (Å²) in [5, 5.41) is 15.2. The molecule has 0 aliphatic carbocycles. The van der Waals surface area contributed by atoms with Crippen LogP contribution >= 0.6 is 0 Å². The highest BCUT2D eigenvalue weighted by Crippen LogP contribution is 2.10. The number of rotatable bonds is 2. The van der Waals surface area contributed by atoms with E-state index >= 15 is 0 Å². The van der Waals surface area contributed by atoms with Crippen LogP contribution in [-0.4, -0.2) is 8.42 Å². The Morgan fingerprint density at radius 2 is 1.71 bits per heavy atom. The molecule has 7 heteroatoms. The lowest BCUT2D eigenvalue weighted by Crippen LogP contribution is -2.10. The maximum absolute atomic E-state index is 11.0. The van der Waals surface area contributed by atoms with Gasteiger partial charge in [0.2, 0.25) is 0 Å². The molecule has 0 aliphatic heterocycles. The maximum Gasteiger partial charge on any atom is 0.312 e. The summed E-state index contributed by atoms with van der Waals surface area (Å²) >= 11 is 0. The molecule has 0 amide bonds. The fourth-order valence-electron chi connectivity index (χ4n) is 0.796. The summed E-state index contributed by atoms with van der Waals surface area (Å²) in [6.45, 7) is 1.86. The van der Waals surface area contributed by atoms with E-state index < -0.39 is 10.1 Å². The van der Waals surface area contributed by atoms with Gasteiger partial charge in [0.1, 0.15) is 6.42 Å². The lowest BCUT2D eigenvalue weighted by atomic mass is 10.2. The van der Waals surface area contributed by atoms with Crippen molar-refractivity contribution in [1.29, 1.82) is 10.5 Å². The van der Waals surface area contributed by atoms with Crippen LogP contribution in [0.3, 0.4) is 0 Å². The van der Waals surface area contributed by atoms with Gasteiger partial charge >= 0.3 is 10.1 Å². The average Bonchev–Trinajstić information content (AvgIpc) is 2.31. The monoisotopic (exact) mass is 253 g/mol. The number of nitriles is 2. The standard InChI is InChI=1S/C7H9NO3S.C3H2N2/c1-6-2-4-7(5-3-6)12(9,10)11-8;4-2-1-3-5/h2-5H,8H2,1H3;1H2. The summed E-state index contributed by atoms with van der Waals surface area (Å²) in [7, 11) is -3.74. The smallest absolute Gasteiger partial charge is 0.197 e. The van der Waals surface area contributed by atoms with E-state index in [9.17, 15) is 8.42 Å². The van der Waals surface area contributed by atoms with Gasteiger partial charge in [-0.3, -0.25) is 0 Å². The molecule has 0 aliphatic rings. The Balaban J connectivity index is 0.000000437. The summed E-state index contributed by atoms with van der Waals surface area (Å²) in [6, 6.07) is 9.54. The molecule has 1 aromatic carbocycles. The highest BCUT2D eigenvalue weighted by molar-refractivity contribution is 7.86. The van der Waals surface area contributed by atoms with Crippen molar-refractivity contribution in [2.24, 2.45) is 5.90 Å². The lowest BCUT2D eigenvalue weighted by molar-refractivity contribution is 0.333. The zero-order chi connectivity index (χ0) is 13.3. The molecule has 2 N–H and O–H groups in total. The van der Waals surface area contributed by atoms with Gasteiger partial charge < -0.3 is 0 Å². The van der Waals surface area contributed by atoms with Crippen LogP contribution in [0.2, 0.25) is 0 Å². The van der Waals surface area contributed by atoms with Crippen LogP contribution in [0.1, 0.15) is 12.0 Å². The first-order chi connectivity index (χ1) is 7.97. The van der Waals surface area contributed by atoms with Crippen LogP contribution in [0.25, 0.3) is 0 Å². The Hall–Kier alpha value is -1.93. The Labute approximate surface area is 99.9 Å². The van der Waals surface area contributed by atoms with Crippen molar-refractivity contribution in [2.45, 2.75) is 18.2 Å². The third kappa shape index (κ3) is 5.64. The fraction of sp³-hybridized carbons (Fsp3) is 0.200. The molecule has 1 rings (SSSR count). The van der Waals surface area contributed by atoms with Crippen molar-refractivity contribution in [2.75, 3.05) is 0 Å². The Bertz CT molecular complexity index is 511. The predicted molar refractivity (Wildman–Crippen MR) is 59.5 cm³/mol. The van der Waals surface area contributed by atoms with Crippen LogP contribution in [0.15, 0.2) is 29.2 Å². The highest BCUT2D eigenvalue weighted by Gasteiger charge is 2.11. The average molecular weight is 253 g/mol. The van der Waals surface area contributed by atoms with E-state index in [1.807, 2.05) is 6.92 Å². The minimum atomic E-state index is -3.74. The molecule has 90 valence electrons. The van der Waals surface area contributed by atoms with Crippen molar-refractivity contribution < 1.29 is 12.7 Å². The second kappa shape index (κ2) is 7.36. The fourth-order valence-corrected chi connectivity index (χ4v) is 1.38. The normalized spacial score (nSPS) is 9.41.